The summed E-state index contributed by atoms with van der Waals surface area (Å²) >= 11 is 4.89. The molecule has 1 aromatic carbocycles. The molecule has 1 aliphatic rings. The largest absolute Gasteiger partial charge is 0.393 e. The fraction of sp³-hybridized carbons (Fsp3) is 0.462. The average Bonchev–Trinajstić information content (AvgIpc) is 2.39. The summed E-state index contributed by atoms with van der Waals surface area (Å²) in [7, 11) is -3.36. The molecule has 5 nitrogen and oxygen atoms in total. The van der Waals surface area contributed by atoms with Crippen LogP contribution in [0.25, 0.3) is 0 Å². The van der Waals surface area contributed by atoms with Crippen molar-refractivity contribution < 1.29 is 13.5 Å². The molecule has 2 rings (SSSR count). The Bertz CT molecular complexity index is 593. The first-order chi connectivity index (χ1) is 9.38. The first-order valence-corrected chi connectivity index (χ1v) is 8.45. The number of nitrogens with zero attached hydrogens (tertiary/aromatic N) is 1. The van der Waals surface area contributed by atoms with E-state index < -0.39 is 10.0 Å². The van der Waals surface area contributed by atoms with E-state index in [1.165, 1.54) is 4.31 Å². The van der Waals surface area contributed by atoms with E-state index in [1.54, 1.807) is 24.3 Å². The van der Waals surface area contributed by atoms with Gasteiger partial charge < -0.3 is 10.8 Å². The van der Waals surface area contributed by atoms with Gasteiger partial charge in [0.05, 0.1) is 11.9 Å². The van der Waals surface area contributed by atoms with Crippen LogP contribution in [0, 0.1) is 0 Å². The van der Waals surface area contributed by atoms with Gasteiger partial charge in [-0.15, -0.1) is 0 Å². The molecule has 1 saturated heterocycles. The van der Waals surface area contributed by atoms with Crippen molar-refractivity contribution in [1.82, 2.24) is 4.31 Å². The van der Waals surface area contributed by atoms with Crippen molar-refractivity contribution in [2.45, 2.75) is 24.7 Å². The summed E-state index contributed by atoms with van der Waals surface area (Å²) < 4.78 is 26.1. The zero-order chi connectivity index (χ0) is 14.8. The Hall–Kier alpha value is -1.02. The van der Waals surface area contributed by atoms with Gasteiger partial charge in [0, 0.05) is 18.7 Å². The molecule has 1 aromatic rings. The number of aliphatic hydroxyl groups is 1. The fourth-order valence-corrected chi connectivity index (χ4v) is 3.91. The van der Waals surface area contributed by atoms with Crippen LogP contribution in [0.3, 0.4) is 0 Å². The van der Waals surface area contributed by atoms with Crippen molar-refractivity contribution >= 4 is 27.2 Å². The van der Waals surface area contributed by atoms with Crippen molar-refractivity contribution in [2.24, 2.45) is 5.73 Å². The van der Waals surface area contributed by atoms with Crippen LogP contribution in [-0.2, 0) is 15.8 Å². The maximum atomic E-state index is 12.3. The highest BCUT2D eigenvalue weighted by molar-refractivity contribution is 7.88. The second-order valence-electron chi connectivity index (χ2n) is 4.95. The SMILES string of the molecule is NC(=S)c1cccc(CS(=O)(=O)N2CCC(O)CC2)c1. The molecule has 0 radical (unpaired) electrons. The summed E-state index contributed by atoms with van der Waals surface area (Å²) in [5.74, 6) is -0.0699. The Kier molecular flexibility index (Phi) is 4.74. The lowest BCUT2D eigenvalue weighted by Gasteiger charge is -2.28. The Balaban J connectivity index is 2.12. The van der Waals surface area contributed by atoms with Crippen LogP contribution >= 0.6 is 12.2 Å². The minimum atomic E-state index is -3.36. The highest BCUT2D eigenvalue weighted by Crippen LogP contribution is 2.18. The third kappa shape index (κ3) is 3.76. The number of hydrogen-bond donors (Lipinski definition) is 2. The maximum Gasteiger partial charge on any atom is 0.218 e. The molecule has 1 aliphatic heterocycles. The quantitative estimate of drug-likeness (QED) is 0.796. The number of aliphatic hydroxyl groups excluding tert-OH is 1. The second-order valence-corrected chi connectivity index (χ2v) is 7.36. The van der Waals surface area contributed by atoms with Gasteiger partial charge in [0.1, 0.15) is 4.99 Å². The minimum Gasteiger partial charge on any atom is -0.393 e. The topological polar surface area (TPSA) is 83.6 Å². The molecule has 7 heteroatoms. The molecule has 0 amide bonds. The molecule has 0 aromatic heterocycles. The molecule has 20 heavy (non-hydrogen) atoms. The van der Waals surface area contributed by atoms with E-state index in [1.807, 2.05) is 0 Å². The smallest absolute Gasteiger partial charge is 0.218 e. The molecule has 0 saturated carbocycles. The number of nitrogens with two attached hydrogens (primary N) is 1. The third-order valence-electron chi connectivity index (χ3n) is 3.38. The Morgan fingerprint density at radius 2 is 2.05 bits per heavy atom. The molecular formula is C13H18N2O3S2. The van der Waals surface area contributed by atoms with E-state index in [0.29, 0.717) is 37.1 Å². The molecular weight excluding hydrogens is 296 g/mol. The molecule has 0 unspecified atom stereocenters. The predicted octanol–water partition coefficient (Wildman–Crippen LogP) is 0.607. The van der Waals surface area contributed by atoms with Crippen molar-refractivity contribution in [3.63, 3.8) is 0 Å². The molecule has 0 aliphatic carbocycles. The van der Waals surface area contributed by atoms with E-state index in [4.69, 9.17) is 18.0 Å². The van der Waals surface area contributed by atoms with Gasteiger partial charge in [-0.3, -0.25) is 0 Å². The molecule has 3 N–H and O–H groups in total. The van der Waals surface area contributed by atoms with Crippen LogP contribution in [0.15, 0.2) is 24.3 Å². The summed E-state index contributed by atoms with van der Waals surface area (Å²) in [6.45, 7) is 0.747. The summed E-state index contributed by atoms with van der Waals surface area (Å²) in [5, 5.41) is 9.43. The number of benzene rings is 1. The van der Waals surface area contributed by atoms with Crippen LogP contribution < -0.4 is 5.73 Å². The van der Waals surface area contributed by atoms with Crippen LogP contribution in [0.4, 0.5) is 0 Å². The second kappa shape index (κ2) is 6.17. The number of rotatable bonds is 4. The Labute approximate surface area is 124 Å². The van der Waals surface area contributed by atoms with E-state index in [-0.39, 0.29) is 16.8 Å². The molecule has 0 bridgehead atoms. The summed E-state index contributed by atoms with van der Waals surface area (Å²) in [6, 6.07) is 6.96. The van der Waals surface area contributed by atoms with Gasteiger partial charge in [0.2, 0.25) is 10.0 Å². The van der Waals surface area contributed by atoms with E-state index in [2.05, 4.69) is 0 Å². The number of thiocarbonyl (C=S) groups is 1. The minimum absolute atomic E-state index is 0.0699. The molecule has 0 atom stereocenters. The number of piperidine rings is 1. The number of hydrogen-bond acceptors (Lipinski definition) is 4. The average molecular weight is 314 g/mol. The van der Waals surface area contributed by atoms with Gasteiger partial charge in [-0.25, -0.2) is 12.7 Å². The lowest BCUT2D eigenvalue weighted by molar-refractivity contribution is 0.113. The summed E-state index contributed by atoms with van der Waals surface area (Å²) in [4.78, 5) is 0.255. The van der Waals surface area contributed by atoms with Crippen molar-refractivity contribution in [3.8, 4) is 0 Å². The van der Waals surface area contributed by atoms with Gasteiger partial charge in [-0.1, -0.05) is 30.4 Å². The normalized spacial score (nSPS) is 18.1. The molecule has 1 heterocycles. The first-order valence-electron chi connectivity index (χ1n) is 6.43. The maximum absolute atomic E-state index is 12.3. The Morgan fingerprint density at radius 3 is 2.65 bits per heavy atom. The number of sulfonamides is 1. The summed E-state index contributed by atoms with van der Waals surface area (Å²) in [6.07, 6.45) is 0.595. The van der Waals surface area contributed by atoms with Crippen LogP contribution in [0.2, 0.25) is 0 Å². The summed E-state index contributed by atoms with van der Waals surface area (Å²) in [5.41, 5.74) is 6.88. The van der Waals surface area contributed by atoms with E-state index in [9.17, 15) is 13.5 Å². The van der Waals surface area contributed by atoms with Crippen molar-refractivity contribution in [1.29, 1.82) is 0 Å². The highest BCUT2D eigenvalue weighted by atomic mass is 32.2. The zero-order valence-electron chi connectivity index (χ0n) is 11.0. The highest BCUT2D eigenvalue weighted by Gasteiger charge is 2.27. The van der Waals surface area contributed by atoms with Gasteiger partial charge >= 0.3 is 0 Å². The van der Waals surface area contributed by atoms with E-state index in [0.717, 1.165) is 0 Å². The molecule has 0 spiro atoms. The predicted molar refractivity (Wildman–Crippen MR) is 81.8 cm³/mol. The van der Waals surface area contributed by atoms with Crippen molar-refractivity contribution in [3.05, 3.63) is 35.4 Å². The lowest BCUT2D eigenvalue weighted by atomic mass is 10.1. The third-order valence-corrected chi connectivity index (χ3v) is 5.46. The standard InChI is InChI=1S/C13H18N2O3S2/c14-13(19)11-3-1-2-10(8-11)9-20(17,18)15-6-4-12(16)5-7-15/h1-3,8,12,16H,4-7,9H2,(H2,14,19). The monoisotopic (exact) mass is 314 g/mol. The zero-order valence-corrected chi connectivity index (χ0v) is 12.7. The van der Waals surface area contributed by atoms with Gasteiger partial charge in [0.25, 0.3) is 0 Å². The van der Waals surface area contributed by atoms with E-state index >= 15 is 0 Å². The van der Waals surface area contributed by atoms with Crippen molar-refractivity contribution in [2.75, 3.05) is 13.1 Å². The molecule has 1 fully saturated rings. The van der Waals surface area contributed by atoms with Gasteiger partial charge in [-0.2, -0.15) is 0 Å². The van der Waals surface area contributed by atoms with Gasteiger partial charge in [-0.05, 0) is 24.5 Å². The first kappa shape index (κ1) is 15.4. The van der Waals surface area contributed by atoms with Crippen LogP contribution in [0.5, 0.6) is 0 Å². The van der Waals surface area contributed by atoms with Crippen LogP contribution in [0.1, 0.15) is 24.0 Å². The lowest BCUT2D eigenvalue weighted by Crippen LogP contribution is -2.40. The fourth-order valence-electron chi connectivity index (χ4n) is 2.24. The van der Waals surface area contributed by atoms with Gasteiger partial charge in [0.15, 0.2) is 0 Å². The van der Waals surface area contributed by atoms with Crippen LogP contribution in [-0.4, -0.2) is 42.0 Å². The molecule has 110 valence electrons. The Morgan fingerprint density at radius 1 is 1.40 bits per heavy atom.